The van der Waals surface area contributed by atoms with E-state index in [2.05, 4.69) is 67.2 Å². The number of hydrogen-bond donors (Lipinski definition) is 0. The summed E-state index contributed by atoms with van der Waals surface area (Å²) in [5, 5.41) is 0.839. The van der Waals surface area contributed by atoms with Crippen molar-refractivity contribution in [3.8, 4) is 0 Å². The SMILES string of the molecule is C=C\C=C(C)/C(=C(\C)N1CCN(C(=O)OC(C)(C)C)CC1C)C(/Br)=C\C.CCCc1cccc(Cl)c1. The molecule has 36 heavy (non-hydrogen) atoms. The number of amides is 1. The molecule has 1 saturated heterocycles. The monoisotopic (exact) mass is 578 g/mol. The average molecular weight is 580 g/mol. The summed E-state index contributed by atoms with van der Waals surface area (Å²) in [6, 6.07) is 8.23. The molecule has 1 heterocycles. The molecule has 1 fully saturated rings. The van der Waals surface area contributed by atoms with Crippen molar-refractivity contribution in [1.29, 1.82) is 0 Å². The van der Waals surface area contributed by atoms with E-state index in [0.29, 0.717) is 13.1 Å². The molecule has 0 spiro atoms. The van der Waals surface area contributed by atoms with Crippen LogP contribution in [0, 0.1) is 0 Å². The van der Waals surface area contributed by atoms with Crippen LogP contribution in [0.15, 0.2) is 70.4 Å². The molecule has 1 aliphatic rings. The number of hydrogen-bond acceptors (Lipinski definition) is 3. The van der Waals surface area contributed by atoms with Crippen molar-refractivity contribution in [1.82, 2.24) is 9.80 Å². The van der Waals surface area contributed by atoms with Gasteiger partial charge in [0.05, 0.1) is 0 Å². The summed E-state index contributed by atoms with van der Waals surface area (Å²) in [5.41, 5.74) is 4.38. The number of aryl methyl sites for hydroxylation is 1. The summed E-state index contributed by atoms with van der Waals surface area (Å²) < 4.78 is 6.58. The second kappa shape index (κ2) is 15.3. The normalized spacial score (nSPS) is 17.7. The van der Waals surface area contributed by atoms with Gasteiger partial charge in [0.15, 0.2) is 0 Å². The van der Waals surface area contributed by atoms with Gasteiger partial charge in [-0.05, 0) is 78.2 Å². The zero-order valence-electron chi connectivity index (χ0n) is 23.3. The summed E-state index contributed by atoms with van der Waals surface area (Å²) in [5.74, 6) is 0. The number of ether oxygens (including phenoxy) is 1. The molecule has 0 aromatic heterocycles. The topological polar surface area (TPSA) is 32.8 Å². The van der Waals surface area contributed by atoms with E-state index in [1.807, 2.05) is 58.0 Å². The molecule has 0 aliphatic carbocycles. The number of rotatable bonds is 6. The first-order chi connectivity index (χ1) is 16.8. The highest BCUT2D eigenvalue weighted by atomic mass is 79.9. The molecule has 0 bridgehead atoms. The van der Waals surface area contributed by atoms with Gasteiger partial charge in [0, 0.05) is 46.5 Å². The molecule has 1 amide bonds. The standard InChI is InChI=1S/C21H33BrN2O2.C9H11Cl/c1-9-11-15(3)19(18(22)10-2)17(5)24-13-12-23(14-16(24)4)20(25)26-21(6,7)8;1-2-4-8-5-3-6-9(10)7-8/h9-11,16H,1,12-14H2,2-8H3;3,5-7H,2,4H2,1H3/b15-11-,18-10+,19-17-;. The van der Waals surface area contributed by atoms with Crippen molar-refractivity contribution >= 4 is 33.6 Å². The largest absolute Gasteiger partial charge is 0.444 e. The van der Waals surface area contributed by atoms with Gasteiger partial charge in [0.25, 0.3) is 0 Å². The number of benzene rings is 1. The van der Waals surface area contributed by atoms with Crippen LogP contribution in [0.3, 0.4) is 0 Å². The Bertz CT molecular complexity index is 975. The Morgan fingerprint density at radius 3 is 2.44 bits per heavy atom. The van der Waals surface area contributed by atoms with E-state index in [9.17, 15) is 4.79 Å². The van der Waals surface area contributed by atoms with Crippen molar-refractivity contribution in [2.24, 2.45) is 0 Å². The molecule has 6 heteroatoms. The number of nitrogens with zero attached hydrogens (tertiary/aromatic N) is 2. The maximum Gasteiger partial charge on any atom is 0.410 e. The number of allylic oxidation sites excluding steroid dienone is 7. The highest BCUT2D eigenvalue weighted by molar-refractivity contribution is 9.12. The Hall–Kier alpha value is -1.98. The second-order valence-corrected chi connectivity index (χ2v) is 11.3. The lowest BCUT2D eigenvalue weighted by Gasteiger charge is -2.42. The van der Waals surface area contributed by atoms with Gasteiger partial charge in [0.1, 0.15) is 5.60 Å². The fourth-order valence-electron chi connectivity index (χ4n) is 4.12. The highest BCUT2D eigenvalue weighted by Gasteiger charge is 2.30. The first kappa shape index (κ1) is 32.0. The number of piperazine rings is 1. The smallest absolute Gasteiger partial charge is 0.410 e. The van der Waals surface area contributed by atoms with Gasteiger partial charge < -0.3 is 14.5 Å². The predicted molar refractivity (Wildman–Crippen MR) is 159 cm³/mol. The van der Waals surface area contributed by atoms with Crippen molar-refractivity contribution in [2.75, 3.05) is 19.6 Å². The first-order valence-electron chi connectivity index (χ1n) is 12.7. The Balaban J connectivity index is 0.000000537. The molecular formula is C30H44BrClN2O2. The van der Waals surface area contributed by atoms with Gasteiger partial charge in [-0.1, -0.05) is 77.8 Å². The summed E-state index contributed by atoms with van der Waals surface area (Å²) in [6.07, 6.45) is 7.96. The van der Waals surface area contributed by atoms with Gasteiger partial charge in [-0.15, -0.1) is 0 Å². The van der Waals surface area contributed by atoms with Gasteiger partial charge in [0.2, 0.25) is 0 Å². The number of halogens is 2. The first-order valence-corrected chi connectivity index (χ1v) is 13.8. The summed E-state index contributed by atoms with van der Waals surface area (Å²) in [4.78, 5) is 16.5. The molecule has 1 aromatic rings. The Morgan fingerprint density at radius 1 is 1.28 bits per heavy atom. The van der Waals surface area contributed by atoms with E-state index in [1.54, 1.807) is 4.90 Å². The molecule has 2 rings (SSSR count). The Morgan fingerprint density at radius 2 is 1.94 bits per heavy atom. The van der Waals surface area contributed by atoms with Gasteiger partial charge in [-0.2, -0.15) is 0 Å². The van der Waals surface area contributed by atoms with E-state index < -0.39 is 5.60 Å². The summed E-state index contributed by atoms with van der Waals surface area (Å²) in [7, 11) is 0. The minimum atomic E-state index is -0.468. The Kier molecular flexibility index (Phi) is 13.6. The molecule has 1 aliphatic heterocycles. The summed E-state index contributed by atoms with van der Waals surface area (Å²) in [6.45, 7) is 22.1. The molecule has 0 N–H and O–H groups in total. The van der Waals surface area contributed by atoms with Crippen LogP contribution >= 0.6 is 27.5 Å². The fraction of sp³-hybridized carbons (Fsp3) is 0.500. The molecule has 1 unspecified atom stereocenters. The molecule has 4 nitrogen and oxygen atoms in total. The van der Waals surface area contributed by atoms with E-state index in [1.165, 1.54) is 23.3 Å². The van der Waals surface area contributed by atoms with Crippen molar-refractivity contribution in [2.45, 2.75) is 79.9 Å². The van der Waals surface area contributed by atoms with Crippen LogP contribution in [-0.2, 0) is 11.2 Å². The molecular weight excluding hydrogens is 536 g/mol. The van der Waals surface area contributed by atoms with E-state index in [0.717, 1.165) is 28.0 Å². The predicted octanol–water partition coefficient (Wildman–Crippen LogP) is 8.93. The van der Waals surface area contributed by atoms with Gasteiger partial charge in [-0.3, -0.25) is 0 Å². The van der Waals surface area contributed by atoms with Crippen molar-refractivity contribution < 1.29 is 9.53 Å². The zero-order chi connectivity index (χ0) is 27.5. The van der Waals surface area contributed by atoms with Crippen LogP contribution in [0.1, 0.15) is 67.4 Å². The molecule has 0 saturated carbocycles. The molecule has 1 aromatic carbocycles. The third-order valence-corrected chi connectivity index (χ3v) is 6.84. The lowest BCUT2D eigenvalue weighted by atomic mass is 10.0. The van der Waals surface area contributed by atoms with Crippen LogP contribution in [0.4, 0.5) is 4.79 Å². The van der Waals surface area contributed by atoms with Gasteiger partial charge >= 0.3 is 6.09 Å². The van der Waals surface area contributed by atoms with Crippen LogP contribution in [0.25, 0.3) is 0 Å². The number of carbonyl (C=O) groups excluding carboxylic acids is 1. The maximum absolute atomic E-state index is 12.4. The third-order valence-electron chi connectivity index (χ3n) is 5.75. The van der Waals surface area contributed by atoms with Crippen molar-refractivity contribution in [3.63, 3.8) is 0 Å². The van der Waals surface area contributed by atoms with Crippen LogP contribution < -0.4 is 0 Å². The van der Waals surface area contributed by atoms with Crippen LogP contribution in [0.2, 0.25) is 5.02 Å². The van der Waals surface area contributed by atoms with E-state index in [-0.39, 0.29) is 12.1 Å². The lowest BCUT2D eigenvalue weighted by molar-refractivity contribution is 0.0101. The maximum atomic E-state index is 12.4. The van der Waals surface area contributed by atoms with E-state index in [4.69, 9.17) is 16.3 Å². The number of carbonyl (C=O) groups is 1. The Labute approximate surface area is 232 Å². The third kappa shape index (κ3) is 10.6. The second-order valence-electron chi connectivity index (χ2n) is 10.0. The highest BCUT2D eigenvalue weighted by Crippen LogP contribution is 2.31. The minimum Gasteiger partial charge on any atom is -0.444 e. The minimum absolute atomic E-state index is 0.208. The van der Waals surface area contributed by atoms with Crippen LogP contribution in [-0.4, -0.2) is 47.2 Å². The quantitative estimate of drug-likeness (QED) is 0.315. The molecule has 200 valence electrons. The van der Waals surface area contributed by atoms with E-state index >= 15 is 0 Å². The summed E-state index contributed by atoms with van der Waals surface area (Å²) >= 11 is 9.47. The van der Waals surface area contributed by atoms with Crippen LogP contribution in [0.5, 0.6) is 0 Å². The van der Waals surface area contributed by atoms with Gasteiger partial charge in [-0.25, -0.2) is 4.79 Å². The molecule has 0 radical (unpaired) electrons. The lowest BCUT2D eigenvalue weighted by Crippen LogP contribution is -2.53. The molecule has 1 atom stereocenters. The fourth-order valence-corrected chi connectivity index (χ4v) is 4.94. The zero-order valence-corrected chi connectivity index (χ0v) is 25.7. The van der Waals surface area contributed by atoms with Crippen molar-refractivity contribution in [3.05, 3.63) is 81.0 Å². The average Bonchev–Trinajstić information content (AvgIpc) is 2.78.